The van der Waals surface area contributed by atoms with Crippen molar-refractivity contribution in [1.82, 2.24) is 9.88 Å². The van der Waals surface area contributed by atoms with E-state index in [0.29, 0.717) is 16.9 Å². The van der Waals surface area contributed by atoms with Crippen LogP contribution in [0.3, 0.4) is 0 Å². The minimum Gasteiger partial charge on any atom is -0.493 e. The maximum Gasteiger partial charge on any atom is 0.276 e. The number of hydrogen-bond acceptors (Lipinski definition) is 5. The van der Waals surface area contributed by atoms with Crippen molar-refractivity contribution in [3.05, 3.63) is 82.2 Å². The van der Waals surface area contributed by atoms with Gasteiger partial charge in [0.05, 0.1) is 25.2 Å². The summed E-state index contributed by atoms with van der Waals surface area (Å²) in [5.74, 6) is 0.446. The third-order valence-corrected chi connectivity index (χ3v) is 4.49. The van der Waals surface area contributed by atoms with E-state index in [0.717, 1.165) is 5.69 Å². The molecule has 150 valence electrons. The van der Waals surface area contributed by atoms with Crippen molar-refractivity contribution >= 4 is 11.6 Å². The predicted octanol–water partition coefficient (Wildman–Crippen LogP) is 3.38. The molecule has 0 aliphatic rings. The van der Waals surface area contributed by atoms with Gasteiger partial charge in [-0.1, -0.05) is 0 Å². The van der Waals surface area contributed by atoms with Crippen LogP contribution in [0.5, 0.6) is 11.5 Å². The Labute approximate surface area is 167 Å². The fraction of sp³-hybridized carbons (Fsp3) is 0.190. The fourth-order valence-corrected chi connectivity index (χ4v) is 2.98. The van der Waals surface area contributed by atoms with Crippen molar-refractivity contribution in [2.45, 2.75) is 6.42 Å². The summed E-state index contributed by atoms with van der Waals surface area (Å²) in [7, 11) is 2.88. The van der Waals surface area contributed by atoms with E-state index in [-0.39, 0.29) is 30.3 Å². The number of nitro groups is 1. The summed E-state index contributed by atoms with van der Waals surface area (Å²) in [6, 6.07) is 13.9. The molecule has 0 aliphatic heterocycles. The first kappa shape index (κ1) is 19.9. The summed E-state index contributed by atoms with van der Waals surface area (Å²) < 4.78 is 12.3. The molecule has 0 aliphatic carbocycles. The minimum atomic E-state index is -0.473. The standard InChI is InChI=1S/C21H21N3O5/c1-28-19-13-16(18(24(26)27)14-20(19)29-2)9-10-22-21(25)15-5-7-17(8-6-15)23-11-3-4-12-23/h3-8,11-14H,9-10H2,1-2H3,(H,22,25). The van der Waals surface area contributed by atoms with Crippen molar-refractivity contribution in [3.63, 3.8) is 0 Å². The third kappa shape index (κ3) is 4.55. The molecular formula is C21H21N3O5. The number of amides is 1. The van der Waals surface area contributed by atoms with Crippen molar-refractivity contribution in [3.8, 4) is 17.2 Å². The molecule has 0 saturated carbocycles. The Hall–Kier alpha value is -3.81. The fourth-order valence-electron chi connectivity index (χ4n) is 2.98. The molecule has 3 rings (SSSR count). The number of carbonyl (C=O) groups is 1. The van der Waals surface area contributed by atoms with Crippen LogP contribution in [-0.4, -0.2) is 36.2 Å². The van der Waals surface area contributed by atoms with Gasteiger partial charge >= 0.3 is 0 Å². The quantitative estimate of drug-likeness (QED) is 0.466. The molecule has 0 saturated heterocycles. The highest BCUT2D eigenvalue weighted by atomic mass is 16.6. The Kier molecular flexibility index (Phi) is 6.13. The van der Waals surface area contributed by atoms with E-state index in [4.69, 9.17) is 9.47 Å². The maximum absolute atomic E-state index is 12.4. The van der Waals surface area contributed by atoms with Gasteiger partial charge in [0.1, 0.15) is 0 Å². The smallest absolute Gasteiger partial charge is 0.276 e. The van der Waals surface area contributed by atoms with Gasteiger partial charge in [0.15, 0.2) is 11.5 Å². The van der Waals surface area contributed by atoms with Crippen LogP contribution in [0.2, 0.25) is 0 Å². The summed E-state index contributed by atoms with van der Waals surface area (Å²) in [5, 5.41) is 14.2. The summed E-state index contributed by atoms with van der Waals surface area (Å²) in [6.07, 6.45) is 4.13. The van der Waals surface area contributed by atoms with E-state index < -0.39 is 4.92 Å². The lowest BCUT2D eigenvalue weighted by Crippen LogP contribution is -2.25. The number of methoxy groups -OCH3 is 2. The molecule has 2 aromatic carbocycles. The number of carbonyl (C=O) groups excluding carboxylic acids is 1. The van der Waals surface area contributed by atoms with Crippen LogP contribution in [0, 0.1) is 10.1 Å². The summed E-state index contributed by atoms with van der Waals surface area (Å²) in [5.41, 5.74) is 1.85. The Balaban J connectivity index is 1.66. The second kappa shape index (κ2) is 8.92. The number of nitro benzene ring substituents is 1. The van der Waals surface area contributed by atoms with Gasteiger partial charge in [-0.15, -0.1) is 0 Å². The molecule has 8 nitrogen and oxygen atoms in total. The van der Waals surface area contributed by atoms with Gasteiger partial charge in [-0.05, 0) is 48.9 Å². The lowest BCUT2D eigenvalue weighted by molar-refractivity contribution is -0.385. The summed E-state index contributed by atoms with van der Waals surface area (Å²) in [4.78, 5) is 23.3. The average molecular weight is 395 g/mol. The Morgan fingerprint density at radius 2 is 1.69 bits per heavy atom. The van der Waals surface area contributed by atoms with Crippen molar-refractivity contribution in [2.75, 3.05) is 20.8 Å². The first-order valence-corrected chi connectivity index (χ1v) is 8.94. The van der Waals surface area contributed by atoms with Gasteiger partial charge < -0.3 is 19.4 Å². The maximum atomic E-state index is 12.4. The first-order valence-electron chi connectivity index (χ1n) is 8.94. The molecule has 1 heterocycles. The summed E-state index contributed by atoms with van der Waals surface area (Å²) >= 11 is 0. The number of benzene rings is 2. The monoisotopic (exact) mass is 395 g/mol. The second-order valence-corrected chi connectivity index (χ2v) is 6.24. The topological polar surface area (TPSA) is 95.6 Å². The first-order chi connectivity index (χ1) is 14.0. The van der Waals surface area contributed by atoms with Crippen molar-refractivity contribution in [2.24, 2.45) is 0 Å². The minimum absolute atomic E-state index is 0.0759. The lowest BCUT2D eigenvalue weighted by Gasteiger charge is -2.11. The zero-order chi connectivity index (χ0) is 20.8. The highest BCUT2D eigenvalue weighted by Gasteiger charge is 2.19. The largest absolute Gasteiger partial charge is 0.493 e. The second-order valence-electron chi connectivity index (χ2n) is 6.24. The van der Waals surface area contributed by atoms with Crippen LogP contribution in [0.25, 0.3) is 5.69 Å². The van der Waals surface area contributed by atoms with Gasteiger partial charge in [-0.2, -0.15) is 0 Å². The van der Waals surface area contributed by atoms with Gasteiger partial charge in [0.25, 0.3) is 11.6 Å². The van der Waals surface area contributed by atoms with E-state index in [1.165, 1.54) is 20.3 Å². The molecule has 0 atom stereocenters. The van der Waals surface area contributed by atoms with E-state index in [2.05, 4.69) is 5.32 Å². The normalized spacial score (nSPS) is 10.4. The zero-order valence-corrected chi connectivity index (χ0v) is 16.1. The number of nitrogens with zero attached hydrogens (tertiary/aromatic N) is 2. The molecule has 0 radical (unpaired) electrons. The molecule has 1 aromatic heterocycles. The average Bonchev–Trinajstić information content (AvgIpc) is 3.28. The van der Waals surface area contributed by atoms with Gasteiger partial charge in [-0.25, -0.2) is 0 Å². The Morgan fingerprint density at radius 1 is 1.07 bits per heavy atom. The lowest BCUT2D eigenvalue weighted by atomic mass is 10.1. The van der Waals surface area contributed by atoms with Crippen molar-refractivity contribution < 1.29 is 19.2 Å². The molecule has 3 aromatic rings. The highest BCUT2D eigenvalue weighted by Crippen LogP contribution is 2.34. The van der Waals surface area contributed by atoms with Crippen LogP contribution >= 0.6 is 0 Å². The third-order valence-electron chi connectivity index (χ3n) is 4.49. The number of nitrogens with one attached hydrogen (secondary N) is 1. The number of aromatic nitrogens is 1. The molecule has 0 fully saturated rings. The van der Waals surface area contributed by atoms with E-state index in [9.17, 15) is 14.9 Å². The Morgan fingerprint density at radius 3 is 2.28 bits per heavy atom. The highest BCUT2D eigenvalue weighted by molar-refractivity contribution is 5.94. The molecule has 29 heavy (non-hydrogen) atoms. The predicted molar refractivity (Wildman–Crippen MR) is 108 cm³/mol. The summed E-state index contributed by atoms with van der Waals surface area (Å²) in [6.45, 7) is 0.245. The van der Waals surface area contributed by atoms with Crippen LogP contribution in [-0.2, 0) is 6.42 Å². The van der Waals surface area contributed by atoms with Crippen LogP contribution in [0.1, 0.15) is 15.9 Å². The molecular weight excluding hydrogens is 374 g/mol. The van der Waals surface area contributed by atoms with Gasteiger partial charge in [0, 0.05) is 35.8 Å². The van der Waals surface area contributed by atoms with Crippen molar-refractivity contribution in [1.29, 1.82) is 0 Å². The van der Waals surface area contributed by atoms with Crippen LogP contribution in [0.4, 0.5) is 5.69 Å². The van der Waals surface area contributed by atoms with Gasteiger partial charge in [0.2, 0.25) is 0 Å². The zero-order valence-electron chi connectivity index (χ0n) is 16.1. The van der Waals surface area contributed by atoms with E-state index >= 15 is 0 Å². The molecule has 0 bridgehead atoms. The number of hydrogen-bond donors (Lipinski definition) is 1. The van der Waals surface area contributed by atoms with Gasteiger partial charge in [-0.3, -0.25) is 14.9 Å². The van der Waals surface area contributed by atoms with Crippen LogP contribution in [0.15, 0.2) is 60.9 Å². The number of rotatable bonds is 8. The molecule has 1 N–H and O–H groups in total. The van der Waals surface area contributed by atoms with E-state index in [1.54, 1.807) is 18.2 Å². The van der Waals surface area contributed by atoms with E-state index in [1.807, 2.05) is 41.2 Å². The van der Waals surface area contributed by atoms with Crippen LogP contribution < -0.4 is 14.8 Å². The SMILES string of the molecule is COc1cc(CCNC(=O)c2ccc(-n3cccc3)cc2)c([N+](=O)[O-])cc1OC. The molecule has 0 unspecified atom stereocenters. The number of ether oxygens (including phenoxy) is 2. The molecule has 8 heteroatoms. The molecule has 0 spiro atoms. The Bertz CT molecular complexity index is 998. The molecule has 1 amide bonds.